The molecule has 0 amide bonds. The van der Waals surface area contributed by atoms with Gasteiger partial charge in [-0.25, -0.2) is 0 Å². The fourth-order valence-electron chi connectivity index (χ4n) is 1.88. The smallest absolute Gasteiger partial charge is 0.0869 e. The third kappa shape index (κ3) is 1.50. The normalized spacial score (nSPS) is 53.5. The molecule has 4 heteroatoms. The highest BCUT2D eigenvalue weighted by molar-refractivity contribution is 9.25. The van der Waals surface area contributed by atoms with Crippen LogP contribution in [0.15, 0.2) is 0 Å². The van der Waals surface area contributed by atoms with Crippen LogP contribution in [-0.2, 0) is 0 Å². The lowest BCUT2D eigenvalue weighted by molar-refractivity contribution is 0.512. The highest BCUT2D eigenvalue weighted by Gasteiger charge is 2.64. The van der Waals surface area contributed by atoms with Crippen molar-refractivity contribution in [3.8, 4) is 0 Å². The topological polar surface area (TPSA) is 0 Å². The van der Waals surface area contributed by atoms with Gasteiger partial charge in [0.25, 0.3) is 0 Å². The van der Waals surface area contributed by atoms with Crippen LogP contribution >= 0.6 is 63.7 Å². The zero-order valence-electron chi connectivity index (χ0n) is 5.74. The third-order valence-corrected chi connectivity index (χ3v) is 7.80. The first-order valence-corrected chi connectivity index (χ1v) is 7.11. The zero-order valence-corrected chi connectivity index (χ0v) is 12.1. The van der Waals surface area contributed by atoms with Gasteiger partial charge in [0, 0.05) is 9.65 Å². The van der Waals surface area contributed by atoms with Crippen molar-refractivity contribution in [2.75, 3.05) is 0 Å². The minimum absolute atomic E-state index is 0.272. The summed E-state index contributed by atoms with van der Waals surface area (Å²) in [5.41, 5.74) is 0. The van der Waals surface area contributed by atoms with Crippen molar-refractivity contribution in [1.82, 2.24) is 0 Å². The predicted octanol–water partition coefficient (Wildman–Crippen LogP) is 4.04. The lowest BCUT2D eigenvalue weighted by atomic mass is 10.0. The molecule has 11 heavy (non-hydrogen) atoms. The molecule has 0 saturated heterocycles. The molecule has 0 N–H and O–H groups in total. The molecule has 2 saturated carbocycles. The second-order valence-electron chi connectivity index (χ2n) is 3.39. The fourth-order valence-corrected chi connectivity index (χ4v) is 4.88. The van der Waals surface area contributed by atoms with Crippen LogP contribution in [-0.4, -0.2) is 12.9 Å². The van der Waals surface area contributed by atoms with Gasteiger partial charge in [0.1, 0.15) is 0 Å². The van der Waals surface area contributed by atoms with Gasteiger partial charge in [0.2, 0.25) is 0 Å². The van der Waals surface area contributed by atoms with Crippen LogP contribution in [0.2, 0.25) is 0 Å². The van der Waals surface area contributed by atoms with Gasteiger partial charge in [-0.15, -0.1) is 0 Å². The van der Waals surface area contributed by atoms with Crippen molar-refractivity contribution in [3.63, 3.8) is 0 Å². The van der Waals surface area contributed by atoms with Crippen LogP contribution in [0.1, 0.15) is 12.8 Å². The Morgan fingerprint density at radius 3 is 1.64 bits per heavy atom. The number of halogens is 4. The second-order valence-corrected chi connectivity index (χ2v) is 9.43. The van der Waals surface area contributed by atoms with E-state index in [1.54, 1.807) is 0 Å². The van der Waals surface area contributed by atoms with Gasteiger partial charge in [-0.1, -0.05) is 63.7 Å². The minimum atomic E-state index is 0.272. The molecule has 0 radical (unpaired) electrons. The van der Waals surface area contributed by atoms with Crippen molar-refractivity contribution in [2.45, 2.75) is 25.7 Å². The lowest BCUT2D eigenvalue weighted by Crippen LogP contribution is -2.20. The molecule has 0 bridgehead atoms. The number of hydrogen-bond donors (Lipinski definition) is 0. The van der Waals surface area contributed by atoms with E-state index in [9.17, 15) is 0 Å². The average Bonchev–Trinajstić information content (AvgIpc) is 2.39. The summed E-state index contributed by atoms with van der Waals surface area (Å²) in [6, 6.07) is 0. The summed E-state index contributed by atoms with van der Waals surface area (Å²) in [5.74, 6) is 1.67. The highest BCUT2D eigenvalue weighted by Crippen LogP contribution is 2.68. The summed E-state index contributed by atoms with van der Waals surface area (Å²) in [6.07, 6.45) is 2.55. The first-order chi connectivity index (χ1) is 5.03. The van der Waals surface area contributed by atoms with E-state index in [0.717, 1.165) is 11.8 Å². The van der Waals surface area contributed by atoms with Crippen molar-refractivity contribution in [2.24, 2.45) is 11.8 Å². The Labute approximate surface area is 100 Å². The van der Waals surface area contributed by atoms with Gasteiger partial charge in [-0.2, -0.15) is 0 Å². The summed E-state index contributed by atoms with van der Waals surface area (Å²) in [6.45, 7) is 0. The largest absolute Gasteiger partial charge is 0.0878 e. The van der Waals surface area contributed by atoms with Crippen molar-refractivity contribution in [3.05, 3.63) is 0 Å². The summed E-state index contributed by atoms with van der Waals surface area (Å²) in [4.78, 5) is 1.31. The molecule has 64 valence electrons. The quantitative estimate of drug-likeness (QED) is 0.528. The van der Waals surface area contributed by atoms with Crippen LogP contribution in [0.5, 0.6) is 0 Å². The summed E-state index contributed by atoms with van der Waals surface area (Å²) < 4.78 is 0.272. The van der Waals surface area contributed by atoms with Gasteiger partial charge in [0.15, 0.2) is 0 Å². The molecular formula is C7H8Br4. The average molecular weight is 412 g/mol. The van der Waals surface area contributed by atoms with Crippen LogP contribution in [0, 0.1) is 11.8 Å². The van der Waals surface area contributed by atoms with Crippen LogP contribution in [0.4, 0.5) is 0 Å². The summed E-state index contributed by atoms with van der Waals surface area (Å²) in [7, 11) is 0. The van der Waals surface area contributed by atoms with Crippen molar-refractivity contribution < 1.29 is 0 Å². The van der Waals surface area contributed by atoms with E-state index < -0.39 is 0 Å². The molecule has 2 rings (SSSR count). The van der Waals surface area contributed by atoms with Gasteiger partial charge in [-0.05, 0) is 24.7 Å². The molecule has 0 nitrogen and oxygen atoms in total. The molecule has 2 aliphatic carbocycles. The second kappa shape index (κ2) is 2.96. The molecule has 2 fully saturated rings. The van der Waals surface area contributed by atoms with Crippen molar-refractivity contribution >= 4 is 63.7 Å². The third-order valence-electron chi connectivity index (χ3n) is 2.72. The summed E-state index contributed by atoms with van der Waals surface area (Å²) >= 11 is 14.8. The molecule has 0 aromatic heterocycles. The van der Waals surface area contributed by atoms with Gasteiger partial charge in [-0.3, -0.25) is 0 Å². The standard InChI is InChI=1S/C7H8Br4/c8-5-1-3-4(2-6(5)9)7(3,10)11/h3-6H,1-2H2. The van der Waals surface area contributed by atoms with E-state index in [4.69, 9.17) is 0 Å². The molecule has 4 atom stereocenters. The Hall–Kier alpha value is 1.92. The maximum absolute atomic E-state index is 3.71. The minimum Gasteiger partial charge on any atom is -0.0878 e. The van der Waals surface area contributed by atoms with Gasteiger partial charge < -0.3 is 0 Å². The molecule has 0 aliphatic heterocycles. The Kier molecular flexibility index (Phi) is 2.55. The SMILES string of the molecule is BrC1CC2C(CC1Br)C2(Br)Br. The molecule has 0 spiro atoms. The first-order valence-electron chi connectivity index (χ1n) is 3.69. The molecule has 0 aromatic carbocycles. The predicted molar refractivity (Wildman–Crippen MR) is 62.2 cm³/mol. The monoisotopic (exact) mass is 408 g/mol. The Morgan fingerprint density at radius 1 is 0.909 bits per heavy atom. The molecule has 4 unspecified atom stereocenters. The highest BCUT2D eigenvalue weighted by atomic mass is 79.9. The van der Waals surface area contributed by atoms with E-state index in [2.05, 4.69) is 63.7 Å². The number of hydrogen-bond acceptors (Lipinski definition) is 0. The van der Waals surface area contributed by atoms with E-state index in [1.165, 1.54) is 12.8 Å². The van der Waals surface area contributed by atoms with Crippen LogP contribution < -0.4 is 0 Å². The zero-order chi connectivity index (χ0) is 8.22. The maximum Gasteiger partial charge on any atom is 0.0869 e. The maximum atomic E-state index is 3.71. The molecule has 0 heterocycles. The van der Waals surface area contributed by atoms with Crippen LogP contribution in [0.25, 0.3) is 0 Å². The van der Waals surface area contributed by atoms with E-state index in [-0.39, 0.29) is 3.23 Å². The van der Waals surface area contributed by atoms with E-state index in [1.807, 2.05) is 0 Å². The first kappa shape index (κ1) is 9.47. The Balaban J connectivity index is 2.07. The van der Waals surface area contributed by atoms with E-state index >= 15 is 0 Å². The van der Waals surface area contributed by atoms with Crippen LogP contribution in [0.3, 0.4) is 0 Å². The Bertz CT molecular complexity index is 161. The van der Waals surface area contributed by atoms with Gasteiger partial charge >= 0.3 is 0 Å². The lowest BCUT2D eigenvalue weighted by Gasteiger charge is -2.20. The molecular weight excluding hydrogens is 404 g/mol. The summed E-state index contributed by atoms with van der Waals surface area (Å²) in [5, 5.41) is 0. The Morgan fingerprint density at radius 2 is 1.27 bits per heavy atom. The molecule has 0 aromatic rings. The molecule has 2 aliphatic rings. The van der Waals surface area contributed by atoms with Crippen molar-refractivity contribution in [1.29, 1.82) is 0 Å². The fraction of sp³-hybridized carbons (Fsp3) is 1.00. The number of alkyl halides is 4. The van der Waals surface area contributed by atoms with Gasteiger partial charge in [0.05, 0.1) is 3.23 Å². The number of fused-ring (bicyclic) bond motifs is 1. The van der Waals surface area contributed by atoms with E-state index in [0.29, 0.717) is 9.65 Å². The number of rotatable bonds is 0.